The van der Waals surface area contributed by atoms with Gasteiger partial charge in [0.05, 0.1) is 15.1 Å². The molecule has 3 heterocycles. The van der Waals surface area contributed by atoms with Crippen molar-refractivity contribution in [3.63, 3.8) is 0 Å². The molecule has 0 spiro atoms. The molecule has 2 fully saturated rings. The Morgan fingerprint density at radius 2 is 1.76 bits per heavy atom. The number of carbonyl (C=O) groups excluding carboxylic acids is 1. The Hall–Kier alpha value is -2.49. The molecule has 0 bridgehead atoms. The van der Waals surface area contributed by atoms with Crippen LogP contribution < -0.4 is 4.90 Å². The van der Waals surface area contributed by atoms with Crippen LogP contribution in [0.5, 0.6) is 0 Å². The van der Waals surface area contributed by atoms with Gasteiger partial charge in [0.25, 0.3) is 5.91 Å². The number of amides is 1. The number of fused-ring (bicyclic) bond motifs is 1. The molecule has 9 heteroatoms. The van der Waals surface area contributed by atoms with Gasteiger partial charge < -0.3 is 9.80 Å². The number of piperazine rings is 1. The third kappa shape index (κ3) is 4.56. The number of anilines is 1. The van der Waals surface area contributed by atoms with Gasteiger partial charge in [-0.3, -0.25) is 4.79 Å². The second-order valence-electron chi connectivity index (χ2n) is 9.38. The smallest absolute Gasteiger partial charge is 0.253 e. The Kier molecular flexibility index (Phi) is 6.35. The van der Waals surface area contributed by atoms with E-state index in [1.807, 2.05) is 4.90 Å². The molecule has 7 nitrogen and oxygen atoms in total. The summed E-state index contributed by atoms with van der Waals surface area (Å²) in [7, 11) is -3.52. The molecule has 1 aromatic heterocycles. The molecule has 3 aromatic rings. The van der Waals surface area contributed by atoms with Gasteiger partial charge >= 0.3 is 0 Å². The molecular formula is C25H30N4O3S2. The predicted octanol–water partition coefficient (Wildman–Crippen LogP) is 3.99. The molecule has 180 valence electrons. The van der Waals surface area contributed by atoms with E-state index in [9.17, 15) is 13.2 Å². The first-order valence-corrected chi connectivity index (χ1v) is 14.1. The number of thiazole rings is 1. The molecular weight excluding hydrogens is 468 g/mol. The van der Waals surface area contributed by atoms with Crippen LogP contribution in [0.2, 0.25) is 0 Å². The van der Waals surface area contributed by atoms with Gasteiger partial charge in [-0.2, -0.15) is 4.31 Å². The van der Waals surface area contributed by atoms with Crippen molar-refractivity contribution in [3.05, 3.63) is 53.6 Å². The van der Waals surface area contributed by atoms with Crippen LogP contribution in [0.15, 0.2) is 47.4 Å². The van der Waals surface area contributed by atoms with E-state index in [2.05, 4.69) is 36.9 Å². The second-order valence-corrected chi connectivity index (χ2v) is 12.3. The van der Waals surface area contributed by atoms with Crippen molar-refractivity contribution in [2.45, 2.75) is 31.6 Å². The first-order chi connectivity index (χ1) is 16.3. The molecule has 1 unspecified atom stereocenters. The minimum atomic E-state index is -3.52. The van der Waals surface area contributed by atoms with Gasteiger partial charge in [0.15, 0.2) is 5.13 Å². The molecule has 2 saturated heterocycles. The standard InChI is InChI=1S/C25H30N4O3S2/c1-18-5-10-22-23(16-18)33-25(26-22)28-14-12-27(13-15-28)24(30)20-6-8-21(9-7-20)34(31,32)29-11-3-4-19(2)17-29/h5-10,16,19H,3-4,11-15,17H2,1-2H3. The summed E-state index contributed by atoms with van der Waals surface area (Å²) < 4.78 is 28.7. The molecule has 2 aliphatic heterocycles. The fourth-order valence-electron chi connectivity index (χ4n) is 4.72. The highest BCUT2D eigenvalue weighted by Gasteiger charge is 2.29. The van der Waals surface area contributed by atoms with Gasteiger partial charge in [0, 0.05) is 44.8 Å². The summed E-state index contributed by atoms with van der Waals surface area (Å²) >= 11 is 1.69. The SMILES string of the molecule is Cc1ccc2nc(N3CCN(C(=O)c4ccc(S(=O)(=O)N5CCCC(C)C5)cc4)CC3)sc2c1. The Bertz CT molecular complexity index is 1300. The number of aryl methyl sites for hydroxylation is 1. The summed E-state index contributed by atoms with van der Waals surface area (Å²) in [5.41, 5.74) is 2.76. The maximum Gasteiger partial charge on any atom is 0.253 e. The molecule has 0 aliphatic carbocycles. The Balaban J connectivity index is 1.23. The monoisotopic (exact) mass is 498 g/mol. The largest absolute Gasteiger partial charge is 0.345 e. The average Bonchev–Trinajstić information content (AvgIpc) is 3.27. The number of hydrogen-bond donors (Lipinski definition) is 0. The normalized spacial score (nSPS) is 20.1. The molecule has 1 atom stereocenters. The number of piperidine rings is 1. The van der Waals surface area contributed by atoms with Crippen molar-refractivity contribution in [2.24, 2.45) is 5.92 Å². The number of carbonyl (C=O) groups is 1. The summed E-state index contributed by atoms with van der Waals surface area (Å²) in [5, 5.41) is 0.995. The van der Waals surface area contributed by atoms with Crippen molar-refractivity contribution in [1.82, 2.24) is 14.2 Å². The molecule has 5 rings (SSSR count). The number of nitrogens with zero attached hydrogens (tertiary/aromatic N) is 4. The van der Waals surface area contributed by atoms with Gasteiger partial charge in [-0.15, -0.1) is 0 Å². The number of benzene rings is 2. The van der Waals surface area contributed by atoms with Crippen molar-refractivity contribution >= 4 is 42.6 Å². The highest BCUT2D eigenvalue weighted by Crippen LogP contribution is 2.30. The van der Waals surface area contributed by atoms with E-state index in [0.717, 1.165) is 36.6 Å². The zero-order valence-electron chi connectivity index (χ0n) is 19.6. The Morgan fingerprint density at radius 3 is 2.47 bits per heavy atom. The summed E-state index contributed by atoms with van der Waals surface area (Å²) in [6.45, 7) is 7.96. The van der Waals surface area contributed by atoms with E-state index in [1.54, 1.807) is 39.9 Å². The topological polar surface area (TPSA) is 73.8 Å². The maximum atomic E-state index is 13.1. The quantitative estimate of drug-likeness (QED) is 0.544. The van der Waals surface area contributed by atoms with Crippen LogP contribution >= 0.6 is 11.3 Å². The summed E-state index contributed by atoms with van der Waals surface area (Å²) in [4.78, 5) is 22.2. The lowest BCUT2D eigenvalue weighted by Crippen LogP contribution is -2.48. The van der Waals surface area contributed by atoms with Crippen molar-refractivity contribution < 1.29 is 13.2 Å². The first-order valence-electron chi connectivity index (χ1n) is 11.8. The Labute approximate surface area is 205 Å². The molecule has 0 saturated carbocycles. The number of aromatic nitrogens is 1. The van der Waals surface area contributed by atoms with Gasteiger partial charge in [-0.1, -0.05) is 24.3 Å². The van der Waals surface area contributed by atoms with Gasteiger partial charge in [0.2, 0.25) is 10.0 Å². The zero-order valence-corrected chi connectivity index (χ0v) is 21.2. The van der Waals surface area contributed by atoms with Crippen molar-refractivity contribution in [1.29, 1.82) is 0 Å². The second kappa shape index (κ2) is 9.28. The number of sulfonamides is 1. The van der Waals surface area contributed by atoms with Crippen molar-refractivity contribution in [3.8, 4) is 0 Å². The minimum Gasteiger partial charge on any atom is -0.345 e. The molecule has 34 heavy (non-hydrogen) atoms. The van der Waals surface area contributed by atoms with Crippen LogP contribution in [0.4, 0.5) is 5.13 Å². The zero-order chi connectivity index (χ0) is 23.9. The van der Waals surface area contributed by atoms with Gasteiger partial charge in [-0.25, -0.2) is 13.4 Å². The Morgan fingerprint density at radius 1 is 1.03 bits per heavy atom. The summed E-state index contributed by atoms with van der Waals surface area (Å²) in [6, 6.07) is 12.7. The van der Waals surface area contributed by atoms with E-state index >= 15 is 0 Å². The van der Waals surface area contributed by atoms with E-state index in [0.29, 0.717) is 37.7 Å². The fraction of sp³-hybridized carbons (Fsp3) is 0.440. The van der Waals surface area contributed by atoms with Crippen LogP contribution in [0, 0.1) is 12.8 Å². The number of rotatable bonds is 4. The van der Waals surface area contributed by atoms with Crippen LogP contribution in [0.1, 0.15) is 35.7 Å². The van der Waals surface area contributed by atoms with E-state index in [-0.39, 0.29) is 10.8 Å². The van der Waals surface area contributed by atoms with Gasteiger partial charge in [0.1, 0.15) is 0 Å². The van der Waals surface area contributed by atoms with E-state index in [4.69, 9.17) is 4.98 Å². The number of hydrogen-bond acceptors (Lipinski definition) is 6. The molecule has 0 N–H and O–H groups in total. The predicted molar refractivity (Wildman–Crippen MR) is 136 cm³/mol. The van der Waals surface area contributed by atoms with Crippen LogP contribution in [0.3, 0.4) is 0 Å². The minimum absolute atomic E-state index is 0.0601. The lowest BCUT2D eigenvalue weighted by Gasteiger charge is -2.34. The molecule has 2 aromatic carbocycles. The molecule has 2 aliphatic rings. The first kappa shape index (κ1) is 23.3. The molecule has 0 radical (unpaired) electrons. The summed E-state index contributed by atoms with van der Waals surface area (Å²) in [5.74, 6) is 0.310. The van der Waals surface area contributed by atoms with E-state index < -0.39 is 10.0 Å². The van der Waals surface area contributed by atoms with Crippen LogP contribution in [-0.4, -0.2) is 67.8 Å². The summed E-state index contributed by atoms with van der Waals surface area (Å²) in [6.07, 6.45) is 1.95. The lowest BCUT2D eigenvalue weighted by atomic mass is 10.0. The van der Waals surface area contributed by atoms with E-state index in [1.165, 1.54) is 10.3 Å². The molecule has 1 amide bonds. The maximum absolute atomic E-state index is 13.1. The average molecular weight is 499 g/mol. The lowest BCUT2D eigenvalue weighted by molar-refractivity contribution is 0.0746. The third-order valence-corrected chi connectivity index (χ3v) is 9.69. The highest BCUT2D eigenvalue weighted by atomic mass is 32.2. The van der Waals surface area contributed by atoms with Crippen LogP contribution in [-0.2, 0) is 10.0 Å². The fourth-order valence-corrected chi connectivity index (χ4v) is 7.44. The van der Waals surface area contributed by atoms with Gasteiger partial charge in [-0.05, 0) is 67.6 Å². The third-order valence-electron chi connectivity index (χ3n) is 6.73. The highest BCUT2D eigenvalue weighted by molar-refractivity contribution is 7.89. The van der Waals surface area contributed by atoms with Crippen LogP contribution in [0.25, 0.3) is 10.2 Å². The van der Waals surface area contributed by atoms with Crippen molar-refractivity contribution in [2.75, 3.05) is 44.2 Å².